The summed E-state index contributed by atoms with van der Waals surface area (Å²) < 4.78 is 2.18. The number of halogens is 1. The van der Waals surface area contributed by atoms with Gasteiger partial charge in [-0.05, 0) is 60.4 Å². The summed E-state index contributed by atoms with van der Waals surface area (Å²) in [4.78, 5) is 27.6. The van der Waals surface area contributed by atoms with E-state index in [0.29, 0.717) is 23.9 Å². The van der Waals surface area contributed by atoms with Crippen LogP contribution in [0.4, 0.5) is 4.79 Å². The minimum atomic E-state index is -0.153. The van der Waals surface area contributed by atoms with Crippen molar-refractivity contribution in [3.8, 4) is 0 Å². The average Bonchev–Trinajstić information content (AvgIpc) is 3.28. The largest absolute Gasteiger partial charge is 0.342 e. The van der Waals surface area contributed by atoms with Crippen molar-refractivity contribution in [1.82, 2.24) is 9.47 Å². The Morgan fingerprint density at radius 3 is 2.53 bits per heavy atom. The zero-order chi connectivity index (χ0) is 22.1. The van der Waals surface area contributed by atoms with Crippen LogP contribution in [0.25, 0.3) is 17.0 Å². The quantitative estimate of drug-likeness (QED) is 0.383. The van der Waals surface area contributed by atoms with Crippen molar-refractivity contribution in [2.45, 2.75) is 38.6 Å². The average molecular weight is 465 g/mol. The SMILES string of the molecule is O=C1S/C(=C/c2cn(Cc3ccc(Cl)cc3)c3ccccc23)C(=O)N1CC1CCCCC1. The molecule has 2 amide bonds. The second-order valence-corrected chi connectivity index (χ2v) is 10.1. The van der Waals surface area contributed by atoms with E-state index >= 15 is 0 Å². The van der Waals surface area contributed by atoms with Crippen LogP contribution in [0.3, 0.4) is 0 Å². The first-order valence-corrected chi connectivity index (χ1v) is 12.4. The molecule has 1 aliphatic carbocycles. The summed E-state index contributed by atoms with van der Waals surface area (Å²) in [5.74, 6) is 0.290. The van der Waals surface area contributed by atoms with Gasteiger partial charge in [0.2, 0.25) is 0 Å². The first-order chi connectivity index (χ1) is 15.6. The molecule has 0 spiro atoms. The number of rotatable bonds is 5. The lowest BCUT2D eigenvalue weighted by molar-refractivity contribution is -0.123. The van der Waals surface area contributed by atoms with Crippen LogP contribution in [0.15, 0.2) is 59.6 Å². The summed E-state index contributed by atoms with van der Waals surface area (Å²) in [5.41, 5.74) is 3.20. The number of nitrogens with zero attached hydrogens (tertiary/aromatic N) is 2. The first kappa shape index (κ1) is 21.4. The molecule has 1 aliphatic heterocycles. The molecule has 1 aromatic heterocycles. The third-order valence-corrected chi connectivity index (χ3v) is 7.57. The number of hydrogen-bond acceptors (Lipinski definition) is 3. The second-order valence-electron chi connectivity index (χ2n) is 8.65. The van der Waals surface area contributed by atoms with Crippen molar-refractivity contribution in [3.05, 3.63) is 75.8 Å². The van der Waals surface area contributed by atoms with E-state index in [1.165, 1.54) is 24.2 Å². The van der Waals surface area contributed by atoms with Crippen molar-refractivity contribution in [3.63, 3.8) is 0 Å². The lowest BCUT2D eigenvalue weighted by Crippen LogP contribution is -2.34. The third kappa shape index (κ3) is 4.37. The van der Waals surface area contributed by atoms with Gasteiger partial charge in [0.1, 0.15) is 0 Å². The van der Waals surface area contributed by atoms with E-state index in [0.717, 1.165) is 51.7 Å². The zero-order valence-electron chi connectivity index (χ0n) is 17.8. The second kappa shape index (κ2) is 9.16. The molecule has 2 fully saturated rings. The molecule has 2 heterocycles. The molecule has 2 aliphatic rings. The van der Waals surface area contributed by atoms with Crippen LogP contribution in [-0.2, 0) is 11.3 Å². The van der Waals surface area contributed by atoms with Crippen molar-refractivity contribution in [2.75, 3.05) is 6.54 Å². The molecule has 0 bridgehead atoms. The summed E-state index contributed by atoms with van der Waals surface area (Å²) in [7, 11) is 0. The Morgan fingerprint density at radius 1 is 1.00 bits per heavy atom. The number of fused-ring (bicyclic) bond motifs is 1. The fourth-order valence-corrected chi connectivity index (χ4v) is 5.70. The molecule has 0 radical (unpaired) electrons. The van der Waals surface area contributed by atoms with Crippen molar-refractivity contribution in [2.24, 2.45) is 5.92 Å². The number of para-hydroxylation sites is 1. The van der Waals surface area contributed by atoms with Gasteiger partial charge in [0.25, 0.3) is 11.1 Å². The number of aromatic nitrogens is 1. The Balaban J connectivity index is 1.42. The smallest absolute Gasteiger partial charge is 0.293 e. The zero-order valence-corrected chi connectivity index (χ0v) is 19.4. The van der Waals surface area contributed by atoms with Gasteiger partial charge in [0, 0.05) is 40.8 Å². The molecule has 2 aromatic carbocycles. The molecule has 32 heavy (non-hydrogen) atoms. The van der Waals surface area contributed by atoms with Crippen LogP contribution in [0, 0.1) is 5.92 Å². The predicted molar refractivity (Wildman–Crippen MR) is 132 cm³/mol. The maximum Gasteiger partial charge on any atom is 0.293 e. The number of imide groups is 1. The molecular formula is C26H25ClN2O2S. The van der Waals surface area contributed by atoms with Gasteiger partial charge in [-0.3, -0.25) is 14.5 Å². The number of amides is 2. The lowest BCUT2D eigenvalue weighted by atomic mass is 9.89. The van der Waals surface area contributed by atoms with Gasteiger partial charge in [-0.25, -0.2) is 0 Å². The van der Waals surface area contributed by atoms with E-state index in [2.05, 4.69) is 22.9 Å². The number of hydrogen-bond donors (Lipinski definition) is 0. The molecule has 3 aromatic rings. The van der Waals surface area contributed by atoms with Gasteiger partial charge in [0.15, 0.2) is 0 Å². The van der Waals surface area contributed by atoms with Crippen LogP contribution >= 0.6 is 23.4 Å². The normalized spacial score (nSPS) is 18.9. The highest BCUT2D eigenvalue weighted by Gasteiger charge is 2.36. The fourth-order valence-electron chi connectivity index (χ4n) is 4.73. The van der Waals surface area contributed by atoms with Crippen molar-refractivity contribution in [1.29, 1.82) is 0 Å². The topological polar surface area (TPSA) is 42.3 Å². The van der Waals surface area contributed by atoms with Crippen LogP contribution in [0.1, 0.15) is 43.2 Å². The van der Waals surface area contributed by atoms with Gasteiger partial charge in [-0.2, -0.15) is 0 Å². The molecule has 0 unspecified atom stereocenters. The minimum absolute atomic E-state index is 0.142. The molecule has 1 saturated heterocycles. The van der Waals surface area contributed by atoms with E-state index in [1.54, 1.807) is 0 Å². The van der Waals surface area contributed by atoms with E-state index in [4.69, 9.17) is 11.6 Å². The van der Waals surface area contributed by atoms with Crippen LogP contribution in [-0.4, -0.2) is 27.2 Å². The van der Waals surface area contributed by atoms with E-state index in [9.17, 15) is 9.59 Å². The van der Waals surface area contributed by atoms with Gasteiger partial charge in [-0.15, -0.1) is 0 Å². The Hall–Kier alpha value is -2.50. The number of carbonyl (C=O) groups is 2. The Morgan fingerprint density at radius 2 is 1.75 bits per heavy atom. The van der Waals surface area contributed by atoms with Gasteiger partial charge >= 0.3 is 0 Å². The van der Waals surface area contributed by atoms with Crippen molar-refractivity contribution < 1.29 is 9.59 Å². The molecule has 1 saturated carbocycles. The highest BCUT2D eigenvalue weighted by Crippen LogP contribution is 2.36. The number of thioether (sulfide) groups is 1. The predicted octanol–water partition coefficient (Wildman–Crippen LogP) is 6.96. The number of carbonyl (C=O) groups excluding carboxylic acids is 2. The number of benzene rings is 2. The maximum atomic E-state index is 13.1. The van der Waals surface area contributed by atoms with Crippen LogP contribution < -0.4 is 0 Å². The van der Waals surface area contributed by atoms with Gasteiger partial charge in [0.05, 0.1) is 4.91 Å². The highest BCUT2D eigenvalue weighted by molar-refractivity contribution is 8.18. The molecule has 6 heteroatoms. The molecule has 5 rings (SSSR count). The molecule has 4 nitrogen and oxygen atoms in total. The van der Waals surface area contributed by atoms with Gasteiger partial charge < -0.3 is 4.57 Å². The Bertz CT molecular complexity index is 1190. The molecule has 0 atom stereocenters. The maximum absolute atomic E-state index is 13.1. The molecular weight excluding hydrogens is 440 g/mol. The Kier molecular flexibility index (Phi) is 6.11. The van der Waals surface area contributed by atoms with E-state index < -0.39 is 0 Å². The fraction of sp³-hybridized carbons (Fsp3) is 0.308. The van der Waals surface area contributed by atoms with Crippen LogP contribution in [0.2, 0.25) is 5.02 Å². The third-order valence-electron chi connectivity index (χ3n) is 6.41. The van der Waals surface area contributed by atoms with Gasteiger partial charge in [-0.1, -0.05) is 61.2 Å². The van der Waals surface area contributed by atoms with Crippen molar-refractivity contribution >= 4 is 51.5 Å². The van der Waals surface area contributed by atoms with E-state index in [1.807, 2.05) is 42.5 Å². The summed E-state index contributed by atoms with van der Waals surface area (Å²) in [6.07, 6.45) is 9.82. The molecule has 164 valence electrons. The summed E-state index contributed by atoms with van der Waals surface area (Å²) in [6, 6.07) is 16.0. The summed E-state index contributed by atoms with van der Waals surface area (Å²) in [6.45, 7) is 1.26. The van der Waals surface area contributed by atoms with E-state index in [-0.39, 0.29) is 11.1 Å². The first-order valence-electron chi connectivity index (χ1n) is 11.2. The summed E-state index contributed by atoms with van der Waals surface area (Å²) >= 11 is 7.09. The lowest BCUT2D eigenvalue weighted by Gasteiger charge is -2.25. The highest BCUT2D eigenvalue weighted by atomic mass is 35.5. The Labute approximate surface area is 197 Å². The summed E-state index contributed by atoms with van der Waals surface area (Å²) in [5, 5.41) is 1.65. The molecule has 0 N–H and O–H groups in total. The minimum Gasteiger partial charge on any atom is -0.342 e. The standard InChI is InChI=1S/C26H25ClN2O2S/c27-21-12-10-19(11-13-21)15-28-17-20(22-8-4-5-9-23(22)28)14-24-25(30)29(26(31)32-24)16-18-6-2-1-3-7-18/h4-5,8-14,17-18H,1-3,6-7,15-16H2/b24-14+. The monoisotopic (exact) mass is 464 g/mol. The van der Waals surface area contributed by atoms with Crippen LogP contribution in [0.5, 0.6) is 0 Å².